The van der Waals surface area contributed by atoms with Crippen LogP contribution in [0.3, 0.4) is 0 Å². The SMILES string of the molecule is Cc1cccc(OCCOC(=O)C=Cc2ccc3ccccc3n2)c1. The summed E-state index contributed by atoms with van der Waals surface area (Å²) in [5.41, 5.74) is 2.73. The third-order valence-electron chi connectivity index (χ3n) is 3.60. The van der Waals surface area contributed by atoms with Gasteiger partial charge >= 0.3 is 5.97 Å². The third kappa shape index (κ3) is 4.91. The van der Waals surface area contributed by atoms with Crippen molar-refractivity contribution in [3.63, 3.8) is 0 Å². The van der Waals surface area contributed by atoms with E-state index < -0.39 is 5.97 Å². The molecule has 0 bridgehead atoms. The van der Waals surface area contributed by atoms with Crippen LogP contribution in [0, 0.1) is 6.92 Å². The Morgan fingerprint density at radius 3 is 2.80 bits per heavy atom. The molecule has 1 heterocycles. The zero-order chi connectivity index (χ0) is 17.5. The summed E-state index contributed by atoms with van der Waals surface area (Å²) in [5.74, 6) is 0.356. The van der Waals surface area contributed by atoms with Gasteiger partial charge in [-0.2, -0.15) is 0 Å². The smallest absolute Gasteiger partial charge is 0.330 e. The second-order valence-electron chi connectivity index (χ2n) is 5.59. The molecule has 4 nitrogen and oxygen atoms in total. The Hall–Kier alpha value is -3.14. The molecule has 0 atom stereocenters. The van der Waals surface area contributed by atoms with E-state index in [4.69, 9.17) is 9.47 Å². The first-order chi connectivity index (χ1) is 12.2. The molecule has 0 amide bonds. The molecule has 126 valence electrons. The summed E-state index contributed by atoms with van der Waals surface area (Å²) < 4.78 is 10.7. The maximum atomic E-state index is 11.8. The van der Waals surface area contributed by atoms with E-state index >= 15 is 0 Å². The Labute approximate surface area is 146 Å². The van der Waals surface area contributed by atoms with Gasteiger partial charge in [0, 0.05) is 11.5 Å². The molecular formula is C21H19NO3. The normalized spacial score (nSPS) is 10.9. The van der Waals surface area contributed by atoms with E-state index in [1.807, 2.05) is 67.6 Å². The van der Waals surface area contributed by atoms with Gasteiger partial charge in [0.1, 0.15) is 19.0 Å². The van der Waals surface area contributed by atoms with Gasteiger partial charge < -0.3 is 9.47 Å². The Morgan fingerprint density at radius 1 is 1.04 bits per heavy atom. The average Bonchev–Trinajstić information content (AvgIpc) is 2.63. The number of benzene rings is 2. The Morgan fingerprint density at radius 2 is 1.92 bits per heavy atom. The van der Waals surface area contributed by atoms with Crippen molar-refractivity contribution in [3.8, 4) is 5.75 Å². The number of hydrogen-bond acceptors (Lipinski definition) is 4. The number of esters is 1. The lowest BCUT2D eigenvalue weighted by molar-refractivity contribution is -0.138. The average molecular weight is 333 g/mol. The number of para-hydroxylation sites is 1. The standard InChI is InChI=1S/C21H19NO3/c1-16-5-4-7-19(15-16)24-13-14-25-21(23)12-11-18-10-9-17-6-2-3-8-20(17)22-18/h2-12,15H,13-14H2,1H3. The van der Waals surface area contributed by atoms with E-state index in [-0.39, 0.29) is 6.61 Å². The molecule has 0 aliphatic rings. The van der Waals surface area contributed by atoms with Gasteiger partial charge in [0.2, 0.25) is 0 Å². The van der Waals surface area contributed by atoms with Gasteiger partial charge in [0.05, 0.1) is 11.2 Å². The van der Waals surface area contributed by atoms with E-state index in [9.17, 15) is 4.79 Å². The Kier molecular flexibility index (Phi) is 5.42. The minimum Gasteiger partial charge on any atom is -0.490 e. The molecule has 25 heavy (non-hydrogen) atoms. The summed E-state index contributed by atoms with van der Waals surface area (Å²) in [5, 5.41) is 1.07. The summed E-state index contributed by atoms with van der Waals surface area (Å²) in [4.78, 5) is 16.2. The number of pyridine rings is 1. The van der Waals surface area contributed by atoms with Crippen LogP contribution in [0.5, 0.6) is 5.75 Å². The number of fused-ring (bicyclic) bond motifs is 1. The Balaban J connectivity index is 1.47. The van der Waals surface area contributed by atoms with Crippen LogP contribution in [0.4, 0.5) is 0 Å². The van der Waals surface area contributed by atoms with Crippen LogP contribution in [-0.4, -0.2) is 24.2 Å². The first kappa shape index (κ1) is 16.7. The predicted molar refractivity (Wildman–Crippen MR) is 98.4 cm³/mol. The molecule has 3 aromatic rings. The van der Waals surface area contributed by atoms with Gasteiger partial charge in [-0.05, 0) is 42.8 Å². The van der Waals surface area contributed by atoms with Gasteiger partial charge in [0.25, 0.3) is 0 Å². The lowest BCUT2D eigenvalue weighted by Gasteiger charge is -2.06. The van der Waals surface area contributed by atoms with Crippen molar-refractivity contribution in [3.05, 3.63) is 78.0 Å². The second-order valence-corrected chi connectivity index (χ2v) is 5.59. The molecule has 0 spiro atoms. The van der Waals surface area contributed by atoms with Crippen LogP contribution in [-0.2, 0) is 9.53 Å². The molecule has 2 aromatic carbocycles. The molecule has 3 rings (SSSR count). The Bertz CT molecular complexity index is 902. The number of ether oxygens (including phenoxy) is 2. The number of hydrogen-bond donors (Lipinski definition) is 0. The summed E-state index contributed by atoms with van der Waals surface area (Å²) in [6.07, 6.45) is 3.03. The highest BCUT2D eigenvalue weighted by atomic mass is 16.6. The second kappa shape index (κ2) is 8.11. The molecule has 0 aliphatic carbocycles. The first-order valence-corrected chi connectivity index (χ1v) is 8.11. The first-order valence-electron chi connectivity index (χ1n) is 8.11. The summed E-state index contributed by atoms with van der Waals surface area (Å²) in [6.45, 7) is 2.51. The predicted octanol–water partition coefficient (Wildman–Crippen LogP) is 4.18. The molecule has 0 unspecified atom stereocenters. The van der Waals surface area contributed by atoms with Crippen LogP contribution in [0.2, 0.25) is 0 Å². The maximum Gasteiger partial charge on any atom is 0.330 e. The lowest BCUT2D eigenvalue weighted by atomic mass is 10.2. The molecule has 0 saturated heterocycles. The van der Waals surface area contributed by atoms with Crippen LogP contribution < -0.4 is 4.74 Å². The van der Waals surface area contributed by atoms with Crippen molar-refractivity contribution in [2.45, 2.75) is 6.92 Å². The number of nitrogens with zero attached hydrogens (tertiary/aromatic N) is 1. The summed E-state index contributed by atoms with van der Waals surface area (Å²) in [7, 11) is 0. The minimum absolute atomic E-state index is 0.197. The molecule has 4 heteroatoms. The van der Waals surface area contributed by atoms with Crippen molar-refractivity contribution in [2.75, 3.05) is 13.2 Å². The highest BCUT2D eigenvalue weighted by Crippen LogP contribution is 2.13. The maximum absolute atomic E-state index is 11.8. The van der Waals surface area contributed by atoms with Crippen LogP contribution in [0.15, 0.2) is 66.7 Å². The largest absolute Gasteiger partial charge is 0.490 e. The topological polar surface area (TPSA) is 48.4 Å². The fourth-order valence-corrected chi connectivity index (χ4v) is 2.38. The van der Waals surface area contributed by atoms with Crippen LogP contribution in [0.25, 0.3) is 17.0 Å². The molecule has 0 aliphatic heterocycles. The zero-order valence-electron chi connectivity index (χ0n) is 14.0. The molecule has 0 radical (unpaired) electrons. The van der Waals surface area contributed by atoms with E-state index in [1.165, 1.54) is 6.08 Å². The van der Waals surface area contributed by atoms with Gasteiger partial charge in [-0.3, -0.25) is 0 Å². The van der Waals surface area contributed by atoms with Crippen molar-refractivity contribution < 1.29 is 14.3 Å². The fraction of sp³-hybridized carbons (Fsp3) is 0.143. The summed E-state index contributed by atoms with van der Waals surface area (Å²) in [6, 6.07) is 19.4. The highest BCUT2D eigenvalue weighted by molar-refractivity contribution is 5.87. The van der Waals surface area contributed by atoms with Crippen molar-refractivity contribution in [1.82, 2.24) is 4.98 Å². The number of carbonyl (C=O) groups is 1. The van der Waals surface area contributed by atoms with Gasteiger partial charge in [-0.25, -0.2) is 9.78 Å². The molecule has 1 aromatic heterocycles. The quantitative estimate of drug-likeness (QED) is 0.386. The number of carbonyl (C=O) groups excluding carboxylic acids is 1. The number of aromatic nitrogens is 1. The van der Waals surface area contributed by atoms with Crippen molar-refractivity contribution in [2.24, 2.45) is 0 Å². The van der Waals surface area contributed by atoms with E-state index in [2.05, 4.69) is 4.98 Å². The van der Waals surface area contributed by atoms with Gasteiger partial charge in [0.15, 0.2) is 0 Å². The summed E-state index contributed by atoms with van der Waals surface area (Å²) >= 11 is 0. The lowest BCUT2D eigenvalue weighted by Crippen LogP contribution is -2.10. The zero-order valence-corrected chi connectivity index (χ0v) is 14.0. The molecule has 0 fully saturated rings. The minimum atomic E-state index is -0.414. The number of aryl methyl sites for hydroxylation is 1. The molecule has 0 N–H and O–H groups in total. The third-order valence-corrected chi connectivity index (χ3v) is 3.60. The van der Waals surface area contributed by atoms with E-state index in [1.54, 1.807) is 6.08 Å². The van der Waals surface area contributed by atoms with E-state index in [0.717, 1.165) is 22.2 Å². The highest BCUT2D eigenvalue weighted by Gasteiger charge is 2.00. The van der Waals surface area contributed by atoms with Crippen molar-refractivity contribution >= 4 is 22.9 Å². The fourth-order valence-electron chi connectivity index (χ4n) is 2.38. The molecular weight excluding hydrogens is 314 g/mol. The monoisotopic (exact) mass is 333 g/mol. The van der Waals surface area contributed by atoms with Crippen LogP contribution in [0.1, 0.15) is 11.3 Å². The van der Waals surface area contributed by atoms with E-state index in [0.29, 0.717) is 12.3 Å². The van der Waals surface area contributed by atoms with Crippen LogP contribution >= 0.6 is 0 Å². The number of rotatable bonds is 6. The molecule has 0 saturated carbocycles. The van der Waals surface area contributed by atoms with Gasteiger partial charge in [-0.15, -0.1) is 0 Å². The van der Waals surface area contributed by atoms with Crippen molar-refractivity contribution in [1.29, 1.82) is 0 Å². The van der Waals surface area contributed by atoms with Gasteiger partial charge in [-0.1, -0.05) is 36.4 Å².